The zero-order chi connectivity index (χ0) is 12.3. The molecule has 2 fully saturated rings. The molecule has 1 spiro atoms. The van der Waals surface area contributed by atoms with Crippen molar-refractivity contribution in [3.05, 3.63) is 30.1 Å². The number of pyridine rings is 1. The second-order valence-corrected chi connectivity index (χ2v) is 5.70. The van der Waals surface area contributed by atoms with Gasteiger partial charge >= 0.3 is 0 Å². The maximum atomic E-state index is 4.49. The van der Waals surface area contributed by atoms with E-state index in [4.69, 9.17) is 0 Å². The number of piperazine rings is 1. The Balaban J connectivity index is 1.75. The minimum atomic E-state index is 0.411. The van der Waals surface area contributed by atoms with Crippen LogP contribution in [-0.4, -0.2) is 35.1 Å². The molecule has 1 saturated carbocycles. The van der Waals surface area contributed by atoms with Crippen molar-refractivity contribution in [2.24, 2.45) is 0 Å². The number of nitrogens with one attached hydrogen (secondary N) is 1. The Morgan fingerprint density at radius 2 is 2.11 bits per heavy atom. The van der Waals surface area contributed by atoms with Crippen molar-refractivity contribution in [2.45, 2.75) is 44.2 Å². The molecule has 1 aliphatic carbocycles. The highest BCUT2D eigenvalue weighted by Gasteiger charge is 2.39. The van der Waals surface area contributed by atoms with Gasteiger partial charge in [0.15, 0.2) is 0 Å². The summed E-state index contributed by atoms with van der Waals surface area (Å²) in [6.07, 6.45) is 8.81. The Hall–Kier alpha value is -0.930. The number of nitrogens with zero attached hydrogens (tertiary/aromatic N) is 2. The molecule has 1 aromatic rings. The van der Waals surface area contributed by atoms with Crippen LogP contribution in [0.2, 0.25) is 0 Å². The lowest BCUT2D eigenvalue weighted by Gasteiger charge is -2.49. The van der Waals surface area contributed by atoms with Crippen LogP contribution in [0.1, 0.15) is 37.8 Å². The molecule has 2 heterocycles. The second kappa shape index (κ2) is 5.37. The predicted molar refractivity (Wildman–Crippen MR) is 73.3 cm³/mol. The van der Waals surface area contributed by atoms with Gasteiger partial charge in [-0.25, -0.2) is 0 Å². The zero-order valence-corrected chi connectivity index (χ0v) is 11.1. The van der Waals surface area contributed by atoms with E-state index < -0.39 is 0 Å². The molecular formula is C15H23N3. The Bertz CT molecular complexity index is 362. The molecule has 0 amide bonds. The quantitative estimate of drug-likeness (QED) is 0.865. The molecule has 98 valence electrons. The van der Waals surface area contributed by atoms with Crippen LogP contribution in [0.5, 0.6) is 0 Å². The normalized spacial score (nSPS) is 24.2. The van der Waals surface area contributed by atoms with Gasteiger partial charge in [-0.1, -0.05) is 25.3 Å². The van der Waals surface area contributed by atoms with Gasteiger partial charge < -0.3 is 5.32 Å². The van der Waals surface area contributed by atoms with E-state index in [0.29, 0.717) is 5.54 Å². The van der Waals surface area contributed by atoms with Crippen LogP contribution in [-0.2, 0) is 6.54 Å². The summed E-state index contributed by atoms with van der Waals surface area (Å²) in [5.41, 5.74) is 1.62. The summed E-state index contributed by atoms with van der Waals surface area (Å²) in [5, 5.41) is 3.60. The highest BCUT2D eigenvalue weighted by molar-refractivity contribution is 5.06. The number of rotatable bonds is 2. The number of hydrogen-bond donors (Lipinski definition) is 1. The SMILES string of the molecule is c1ccc(CN2CCNCC23CCCCC3)nc1. The van der Waals surface area contributed by atoms with E-state index >= 15 is 0 Å². The fraction of sp³-hybridized carbons (Fsp3) is 0.667. The lowest BCUT2D eigenvalue weighted by atomic mass is 9.79. The van der Waals surface area contributed by atoms with Gasteiger partial charge in [-0.2, -0.15) is 0 Å². The molecule has 3 heteroatoms. The minimum absolute atomic E-state index is 0.411. The molecular weight excluding hydrogens is 222 g/mol. The first-order chi connectivity index (χ1) is 8.89. The Morgan fingerprint density at radius 3 is 2.89 bits per heavy atom. The summed E-state index contributed by atoms with van der Waals surface area (Å²) in [6, 6.07) is 6.24. The van der Waals surface area contributed by atoms with Gasteiger partial charge in [0.05, 0.1) is 5.69 Å². The lowest BCUT2D eigenvalue weighted by molar-refractivity contribution is 0.0199. The van der Waals surface area contributed by atoms with Crippen LogP contribution in [0.4, 0.5) is 0 Å². The summed E-state index contributed by atoms with van der Waals surface area (Å²) >= 11 is 0. The monoisotopic (exact) mass is 245 g/mol. The smallest absolute Gasteiger partial charge is 0.0544 e. The Kier molecular flexibility index (Phi) is 3.62. The fourth-order valence-corrected chi connectivity index (χ4v) is 3.52. The van der Waals surface area contributed by atoms with Crippen LogP contribution in [0.15, 0.2) is 24.4 Å². The Labute approximate surface area is 110 Å². The molecule has 3 rings (SSSR count). The molecule has 1 aromatic heterocycles. The fourth-order valence-electron chi connectivity index (χ4n) is 3.52. The molecule has 0 unspecified atom stereocenters. The predicted octanol–water partition coefficient (Wildman–Crippen LogP) is 2.19. The van der Waals surface area contributed by atoms with E-state index in [1.165, 1.54) is 44.3 Å². The van der Waals surface area contributed by atoms with Crippen molar-refractivity contribution >= 4 is 0 Å². The summed E-state index contributed by atoms with van der Waals surface area (Å²) in [5.74, 6) is 0. The number of hydrogen-bond acceptors (Lipinski definition) is 3. The number of aromatic nitrogens is 1. The third-order valence-electron chi connectivity index (χ3n) is 4.55. The molecule has 0 aromatic carbocycles. The largest absolute Gasteiger partial charge is 0.314 e. The summed E-state index contributed by atoms with van der Waals surface area (Å²) in [4.78, 5) is 7.17. The van der Waals surface area contributed by atoms with E-state index in [0.717, 1.165) is 19.6 Å². The van der Waals surface area contributed by atoms with Gasteiger partial charge in [0, 0.05) is 37.9 Å². The zero-order valence-electron chi connectivity index (χ0n) is 11.1. The molecule has 0 atom stereocenters. The second-order valence-electron chi connectivity index (χ2n) is 5.70. The van der Waals surface area contributed by atoms with E-state index in [1.54, 1.807) is 0 Å². The first-order valence-electron chi connectivity index (χ1n) is 7.25. The van der Waals surface area contributed by atoms with Crippen molar-refractivity contribution in [2.75, 3.05) is 19.6 Å². The average Bonchev–Trinajstić information content (AvgIpc) is 2.44. The van der Waals surface area contributed by atoms with Crippen molar-refractivity contribution in [1.82, 2.24) is 15.2 Å². The molecule has 0 bridgehead atoms. The van der Waals surface area contributed by atoms with Crippen molar-refractivity contribution in [1.29, 1.82) is 0 Å². The van der Waals surface area contributed by atoms with Gasteiger partial charge in [-0.05, 0) is 25.0 Å². The van der Waals surface area contributed by atoms with E-state index in [1.807, 2.05) is 12.3 Å². The maximum absolute atomic E-state index is 4.49. The van der Waals surface area contributed by atoms with Gasteiger partial charge in [0.25, 0.3) is 0 Å². The first-order valence-corrected chi connectivity index (χ1v) is 7.25. The summed E-state index contributed by atoms with van der Waals surface area (Å²) in [7, 11) is 0. The molecule has 1 aliphatic heterocycles. The van der Waals surface area contributed by atoms with Crippen LogP contribution in [0, 0.1) is 0 Å². The topological polar surface area (TPSA) is 28.2 Å². The lowest BCUT2D eigenvalue weighted by Crippen LogP contribution is -2.61. The van der Waals surface area contributed by atoms with Gasteiger partial charge in [0.1, 0.15) is 0 Å². The molecule has 18 heavy (non-hydrogen) atoms. The van der Waals surface area contributed by atoms with Crippen LogP contribution < -0.4 is 5.32 Å². The van der Waals surface area contributed by atoms with E-state index in [-0.39, 0.29) is 0 Å². The van der Waals surface area contributed by atoms with Crippen molar-refractivity contribution in [3.8, 4) is 0 Å². The highest BCUT2D eigenvalue weighted by Crippen LogP contribution is 2.35. The van der Waals surface area contributed by atoms with Gasteiger partial charge in [-0.3, -0.25) is 9.88 Å². The molecule has 0 radical (unpaired) electrons. The van der Waals surface area contributed by atoms with Crippen LogP contribution in [0.25, 0.3) is 0 Å². The first kappa shape index (κ1) is 12.1. The van der Waals surface area contributed by atoms with E-state index in [2.05, 4.69) is 27.3 Å². The molecule has 3 nitrogen and oxygen atoms in total. The van der Waals surface area contributed by atoms with Crippen molar-refractivity contribution in [3.63, 3.8) is 0 Å². The highest BCUT2D eigenvalue weighted by atomic mass is 15.3. The third kappa shape index (κ3) is 2.43. The standard InChI is InChI=1S/C15H23N3/c1-3-7-15(8-4-1)13-16-10-11-18(15)12-14-6-2-5-9-17-14/h2,5-6,9,16H,1,3-4,7-8,10-13H2. The van der Waals surface area contributed by atoms with E-state index in [9.17, 15) is 0 Å². The maximum Gasteiger partial charge on any atom is 0.0544 e. The average molecular weight is 245 g/mol. The van der Waals surface area contributed by atoms with Gasteiger partial charge in [-0.15, -0.1) is 0 Å². The minimum Gasteiger partial charge on any atom is -0.314 e. The van der Waals surface area contributed by atoms with Gasteiger partial charge in [0.2, 0.25) is 0 Å². The third-order valence-corrected chi connectivity index (χ3v) is 4.55. The van der Waals surface area contributed by atoms with Crippen LogP contribution >= 0.6 is 0 Å². The van der Waals surface area contributed by atoms with Crippen LogP contribution in [0.3, 0.4) is 0 Å². The summed E-state index contributed by atoms with van der Waals surface area (Å²) < 4.78 is 0. The molecule has 1 N–H and O–H groups in total. The van der Waals surface area contributed by atoms with Crippen molar-refractivity contribution < 1.29 is 0 Å². The molecule has 2 aliphatic rings. The summed E-state index contributed by atoms with van der Waals surface area (Å²) in [6.45, 7) is 4.47. The molecule has 1 saturated heterocycles. The Morgan fingerprint density at radius 1 is 1.22 bits per heavy atom.